The zero-order chi connectivity index (χ0) is 22.0. The van der Waals surface area contributed by atoms with Gasteiger partial charge in [0.2, 0.25) is 0 Å². The van der Waals surface area contributed by atoms with Gasteiger partial charge in [-0.3, -0.25) is 9.48 Å². The van der Waals surface area contributed by atoms with Crippen LogP contribution in [0.1, 0.15) is 38.8 Å². The Balaban J connectivity index is 1.46. The summed E-state index contributed by atoms with van der Waals surface area (Å²) in [5.41, 5.74) is 1.68. The van der Waals surface area contributed by atoms with Gasteiger partial charge < -0.3 is 10.1 Å². The molecule has 0 spiro atoms. The Labute approximate surface area is 181 Å². The highest BCUT2D eigenvalue weighted by atomic mass is 35.5. The summed E-state index contributed by atoms with van der Waals surface area (Å²) in [5, 5.41) is 7.18. The van der Waals surface area contributed by atoms with E-state index in [0.717, 1.165) is 35.0 Å². The standard InChI is InChI=1S/C22H19ClF3N3O2/c23-18-7-6-16(22(24,25)26)10-17(18)21(30)27-11-19-20-15(8-9-31-19)13-29(28-20)12-14-4-2-1-3-5-14/h1-7,10,13,19H,8-9,11-12H2,(H,27,30). The maximum absolute atomic E-state index is 13.0. The van der Waals surface area contributed by atoms with E-state index >= 15 is 0 Å². The topological polar surface area (TPSA) is 56.1 Å². The van der Waals surface area contributed by atoms with Crippen molar-refractivity contribution in [1.29, 1.82) is 0 Å². The van der Waals surface area contributed by atoms with Crippen LogP contribution in [-0.2, 0) is 23.9 Å². The van der Waals surface area contributed by atoms with E-state index < -0.39 is 23.8 Å². The summed E-state index contributed by atoms with van der Waals surface area (Å²) < 4.78 is 46.5. The van der Waals surface area contributed by atoms with Crippen molar-refractivity contribution in [1.82, 2.24) is 15.1 Å². The molecule has 0 bridgehead atoms. The fourth-order valence-electron chi connectivity index (χ4n) is 3.49. The average Bonchev–Trinajstić information content (AvgIpc) is 3.15. The Bertz CT molecular complexity index is 1080. The molecule has 2 heterocycles. The minimum Gasteiger partial charge on any atom is -0.370 e. The quantitative estimate of drug-likeness (QED) is 0.617. The largest absolute Gasteiger partial charge is 0.416 e. The van der Waals surface area contributed by atoms with Crippen molar-refractivity contribution in [3.05, 3.63) is 87.7 Å². The molecule has 9 heteroatoms. The Hall–Kier alpha value is -2.84. The summed E-state index contributed by atoms with van der Waals surface area (Å²) >= 11 is 5.95. The molecule has 1 atom stereocenters. The fraction of sp³-hybridized carbons (Fsp3) is 0.273. The van der Waals surface area contributed by atoms with E-state index in [0.29, 0.717) is 19.6 Å². The highest BCUT2D eigenvalue weighted by molar-refractivity contribution is 6.33. The molecule has 1 N–H and O–H groups in total. The van der Waals surface area contributed by atoms with Gasteiger partial charge in [0.05, 0.1) is 35.0 Å². The molecule has 1 aliphatic rings. The van der Waals surface area contributed by atoms with Crippen LogP contribution in [0.5, 0.6) is 0 Å². The van der Waals surface area contributed by atoms with Crippen molar-refractivity contribution >= 4 is 17.5 Å². The number of rotatable bonds is 5. The second kappa shape index (κ2) is 8.72. The van der Waals surface area contributed by atoms with Crippen LogP contribution in [0, 0.1) is 0 Å². The number of carbonyl (C=O) groups is 1. The van der Waals surface area contributed by atoms with E-state index in [1.54, 1.807) is 0 Å². The maximum Gasteiger partial charge on any atom is 0.416 e. The number of benzene rings is 2. The minimum atomic E-state index is -4.56. The molecule has 5 nitrogen and oxygen atoms in total. The van der Waals surface area contributed by atoms with Crippen molar-refractivity contribution < 1.29 is 22.7 Å². The first-order chi connectivity index (χ1) is 14.8. The summed E-state index contributed by atoms with van der Waals surface area (Å²) in [6, 6.07) is 12.5. The molecule has 31 heavy (non-hydrogen) atoms. The number of hydrogen-bond donors (Lipinski definition) is 1. The van der Waals surface area contributed by atoms with Crippen molar-refractivity contribution in [3.8, 4) is 0 Å². The molecule has 0 radical (unpaired) electrons. The summed E-state index contributed by atoms with van der Waals surface area (Å²) in [7, 11) is 0. The molecule has 0 fully saturated rings. The second-order valence-corrected chi connectivity index (χ2v) is 7.64. The lowest BCUT2D eigenvalue weighted by Gasteiger charge is -2.22. The van der Waals surface area contributed by atoms with Crippen molar-refractivity contribution in [2.24, 2.45) is 0 Å². The Morgan fingerprint density at radius 2 is 2.00 bits per heavy atom. The van der Waals surface area contributed by atoms with Gasteiger partial charge >= 0.3 is 6.18 Å². The fourth-order valence-corrected chi connectivity index (χ4v) is 3.70. The number of halogens is 4. The molecule has 1 aliphatic heterocycles. The molecule has 0 saturated carbocycles. The van der Waals surface area contributed by atoms with E-state index in [2.05, 4.69) is 10.4 Å². The van der Waals surface area contributed by atoms with Crippen LogP contribution in [0.25, 0.3) is 0 Å². The van der Waals surface area contributed by atoms with Crippen LogP contribution < -0.4 is 5.32 Å². The zero-order valence-corrected chi connectivity index (χ0v) is 17.1. The predicted octanol–water partition coefficient (Wildman–Crippen LogP) is 4.65. The molecule has 3 aromatic rings. The van der Waals surface area contributed by atoms with Crippen LogP contribution in [0.4, 0.5) is 13.2 Å². The first kappa shape index (κ1) is 21.4. The average molecular weight is 450 g/mol. The number of aromatic nitrogens is 2. The second-order valence-electron chi connectivity index (χ2n) is 7.23. The van der Waals surface area contributed by atoms with Gasteiger partial charge in [0, 0.05) is 12.7 Å². The third kappa shape index (κ3) is 4.91. The van der Waals surface area contributed by atoms with Gasteiger partial charge in [-0.2, -0.15) is 18.3 Å². The van der Waals surface area contributed by atoms with Crippen molar-refractivity contribution in [2.45, 2.75) is 25.2 Å². The maximum atomic E-state index is 13.0. The van der Waals surface area contributed by atoms with E-state index in [4.69, 9.17) is 16.3 Å². The highest BCUT2D eigenvalue weighted by Gasteiger charge is 2.32. The zero-order valence-electron chi connectivity index (χ0n) is 16.3. The highest BCUT2D eigenvalue weighted by Crippen LogP contribution is 2.32. The van der Waals surface area contributed by atoms with Crippen LogP contribution in [-0.4, -0.2) is 28.8 Å². The summed E-state index contributed by atoms with van der Waals surface area (Å²) in [6.45, 7) is 1.14. The van der Waals surface area contributed by atoms with Gasteiger partial charge in [0.1, 0.15) is 6.10 Å². The van der Waals surface area contributed by atoms with Crippen LogP contribution in [0.15, 0.2) is 54.7 Å². The molecule has 1 amide bonds. The molecule has 0 aliphatic carbocycles. The third-order valence-corrected chi connectivity index (χ3v) is 5.37. The number of nitrogens with zero attached hydrogens (tertiary/aromatic N) is 2. The lowest BCUT2D eigenvalue weighted by Crippen LogP contribution is -2.32. The lowest BCUT2D eigenvalue weighted by molar-refractivity contribution is -0.137. The van der Waals surface area contributed by atoms with Gasteiger partial charge in [-0.15, -0.1) is 0 Å². The number of alkyl halides is 3. The number of fused-ring (bicyclic) bond motifs is 1. The van der Waals surface area contributed by atoms with E-state index in [9.17, 15) is 18.0 Å². The number of nitrogens with one attached hydrogen (secondary N) is 1. The molecule has 162 valence electrons. The molecular formula is C22H19ClF3N3O2. The van der Waals surface area contributed by atoms with Gasteiger partial charge in [-0.1, -0.05) is 41.9 Å². The summed E-state index contributed by atoms with van der Waals surface area (Å²) in [5.74, 6) is -0.699. The molecule has 2 aromatic carbocycles. The smallest absolute Gasteiger partial charge is 0.370 e. The summed E-state index contributed by atoms with van der Waals surface area (Å²) in [6.07, 6.45) is -2.39. The van der Waals surface area contributed by atoms with E-state index in [1.165, 1.54) is 0 Å². The SMILES string of the molecule is O=C(NCC1OCCc2cn(Cc3ccccc3)nc21)c1cc(C(F)(F)F)ccc1Cl. The van der Waals surface area contributed by atoms with Gasteiger partial charge in [0.15, 0.2) is 0 Å². The first-order valence-electron chi connectivity index (χ1n) is 9.68. The van der Waals surface area contributed by atoms with Crippen LogP contribution in [0.3, 0.4) is 0 Å². The first-order valence-corrected chi connectivity index (χ1v) is 10.1. The van der Waals surface area contributed by atoms with E-state index in [-0.39, 0.29) is 17.1 Å². The number of carbonyl (C=O) groups excluding carboxylic acids is 1. The van der Waals surface area contributed by atoms with Crippen LogP contribution >= 0.6 is 11.6 Å². The predicted molar refractivity (Wildman–Crippen MR) is 109 cm³/mol. The minimum absolute atomic E-state index is 0.0529. The Morgan fingerprint density at radius 3 is 2.74 bits per heavy atom. The van der Waals surface area contributed by atoms with Crippen molar-refractivity contribution in [2.75, 3.05) is 13.2 Å². The monoisotopic (exact) mass is 449 g/mol. The Morgan fingerprint density at radius 1 is 1.23 bits per heavy atom. The lowest BCUT2D eigenvalue weighted by atomic mass is 10.1. The molecule has 4 rings (SSSR count). The van der Waals surface area contributed by atoms with Gasteiger partial charge in [-0.05, 0) is 35.7 Å². The molecular weight excluding hydrogens is 431 g/mol. The number of ether oxygens (including phenoxy) is 1. The Kier molecular flexibility index (Phi) is 6.02. The number of hydrogen-bond acceptors (Lipinski definition) is 3. The van der Waals surface area contributed by atoms with Gasteiger partial charge in [0.25, 0.3) is 5.91 Å². The normalized spacial score (nSPS) is 16.1. The summed E-state index contributed by atoms with van der Waals surface area (Å²) in [4.78, 5) is 12.5. The van der Waals surface area contributed by atoms with E-state index in [1.807, 2.05) is 41.2 Å². The molecule has 1 aromatic heterocycles. The molecule has 1 unspecified atom stereocenters. The molecule has 0 saturated heterocycles. The van der Waals surface area contributed by atoms with Crippen LogP contribution in [0.2, 0.25) is 5.02 Å². The van der Waals surface area contributed by atoms with Crippen molar-refractivity contribution in [3.63, 3.8) is 0 Å². The number of amides is 1. The van der Waals surface area contributed by atoms with Gasteiger partial charge in [-0.25, -0.2) is 0 Å². The third-order valence-electron chi connectivity index (χ3n) is 5.04.